The van der Waals surface area contributed by atoms with Crippen molar-refractivity contribution in [2.45, 2.75) is 31.4 Å². The molecule has 102 valence electrons. The standard InChI is InChI=1S/C11H15N5O3/c12-11-13-6-8(16(17)18)10(14-11)15-4-5-19-9-3-1-2-7(9)15/h6-7,9H,1-5H2,(H2,12,13,14). The van der Waals surface area contributed by atoms with Gasteiger partial charge in [-0.1, -0.05) is 0 Å². The minimum atomic E-state index is -0.464. The van der Waals surface area contributed by atoms with Crippen LogP contribution in [0, 0.1) is 10.1 Å². The van der Waals surface area contributed by atoms with Gasteiger partial charge in [0.05, 0.1) is 23.7 Å². The van der Waals surface area contributed by atoms with Gasteiger partial charge in [0.2, 0.25) is 11.8 Å². The summed E-state index contributed by atoms with van der Waals surface area (Å²) < 4.78 is 5.70. The molecule has 0 radical (unpaired) electrons. The summed E-state index contributed by atoms with van der Waals surface area (Å²) in [7, 11) is 0. The Morgan fingerprint density at radius 1 is 1.53 bits per heavy atom. The first kappa shape index (κ1) is 12.1. The Balaban J connectivity index is 2.00. The van der Waals surface area contributed by atoms with Gasteiger partial charge in [0.1, 0.15) is 6.20 Å². The van der Waals surface area contributed by atoms with Crippen LogP contribution in [0.2, 0.25) is 0 Å². The molecule has 0 aromatic carbocycles. The van der Waals surface area contributed by atoms with E-state index >= 15 is 0 Å². The molecule has 2 fully saturated rings. The number of nitrogens with zero attached hydrogens (tertiary/aromatic N) is 4. The highest BCUT2D eigenvalue weighted by Crippen LogP contribution is 2.35. The maximum Gasteiger partial charge on any atom is 0.329 e. The van der Waals surface area contributed by atoms with Gasteiger partial charge in [-0.15, -0.1) is 0 Å². The number of anilines is 2. The van der Waals surface area contributed by atoms with E-state index in [1.807, 2.05) is 4.90 Å². The lowest BCUT2D eigenvalue weighted by atomic mass is 10.1. The number of nitro groups is 1. The van der Waals surface area contributed by atoms with E-state index in [1.165, 1.54) is 6.20 Å². The molecular formula is C11H15N5O3. The Morgan fingerprint density at radius 2 is 2.37 bits per heavy atom. The van der Waals surface area contributed by atoms with Crippen LogP contribution in [0.15, 0.2) is 6.20 Å². The third kappa shape index (κ3) is 2.07. The summed E-state index contributed by atoms with van der Waals surface area (Å²) in [6.45, 7) is 1.15. The van der Waals surface area contributed by atoms with Crippen LogP contribution in [0.1, 0.15) is 19.3 Å². The lowest BCUT2D eigenvalue weighted by molar-refractivity contribution is -0.384. The summed E-state index contributed by atoms with van der Waals surface area (Å²) in [5.41, 5.74) is 5.47. The normalized spacial score (nSPS) is 26.2. The molecule has 8 nitrogen and oxygen atoms in total. The van der Waals surface area contributed by atoms with Crippen LogP contribution in [0.25, 0.3) is 0 Å². The maximum absolute atomic E-state index is 11.1. The highest BCUT2D eigenvalue weighted by Gasteiger charge is 2.39. The monoisotopic (exact) mass is 265 g/mol. The Kier molecular flexibility index (Phi) is 2.94. The first-order chi connectivity index (χ1) is 9.16. The van der Waals surface area contributed by atoms with Gasteiger partial charge in [-0.25, -0.2) is 4.98 Å². The number of hydrogen-bond acceptors (Lipinski definition) is 7. The summed E-state index contributed by atoms with van der Waals surface area (Å²) in [5, 5.41) is 11.1. The van der Waals surface area contributed by atoms with Crippen molar-refractivity contribution < 1.29 is 9.66 Å². The zero-order chi connectivity index (χ0) is 13.4. The number of nitrogen functional groups attached to an aromatic ring is 1. The average Bonchev–Trinajstić information content (AvgIpc) is 2.86. The average molecular weight is 265 g/mol. The molecule has 2 atom stereocenters. The molecule has 1 aromatic rings. The third-order valence-corrected chi connectivity index (χ3v) is 3.72. The van der Waals surface area contributed by atoms with Crippen LogP contribution in [0.5, 0.6) is 0 Å². The van der Waals surface area contributed by atoms with Gasteiger partial charge in [-0.3, -0.25) is 10.1 Å². The second-order valence-corrected chi connectivity index (χ2v) is 4.80. The van der Waals surface area contributed by atoms with Crippen LogP contribution in [0.3, 0.4) is 0 Å². The van der Waals surface area contributed by atoms with Crippen LogP contribution >= 0.6 is 0 Å². The fraction of sp³-hybridized carbons (Fsp3) is 0.636. The van der Waals surface area contributed by atoms with E-state index in [0.717, 1.165) is 19.3 Å². The summed E-state index contributed by atoms with van der Waals surface area (Å²) in [6.07, 6.45) is 4.35. The van der Waals surface area contributed by atoms with E-state index < -0.39 is 4.92 Å². The molecule has 1 saturated heterocycles. The molecule has 1 saturated carbocycles. The zero-order valence-electron chi connectivity index (χ0n) is 10.4. The smallest absolute Gasteiger partial charge is 0.329 e. The van der Waals surface area contributed by atoms with Crippen LogP contribution in [-0.4, -0.2) is 40.2 Å². The van der Waals surface area contributed by atoms with Crippen molar-refractivity contribution in [2.24, 2.45) is 0 Å². The van der Waals surface area contributed by atoms with Crippen molar-refractivity contribution in [3.63, 3.8) is 0 Å². The summed E-state index contributed by atoms with van der Waals surface area (Å²) in [6, 6.07) is 0.154. The molecule has 0 spiro atoms. The van der Waals surface area contributed by atoms with Crippen molar-refractivity contribution >= 4 is 17.5 Å². The number of fused-ring (bicyclic) bond motifs is 1. The van der Waals surface area contributed by atoms with E-state index in [0.29, 0.717) is 19.0 Å². The number of morpholine rings is 1. The predicted octanol–water partition coefficient (Wildman–Crippen LogP) is 0.725. The second kappa shape index (κ2) is 4.61. The first-order valence-electron chi connectivity index (χ1n) is 6.32. The molecule has 2 heterocycles. The number of nitrogens with two attached hydrogens (primary N) is 1. The molecule has 8 heteroatoms. The van der Waals surface area contributed by atoms with Gasteiger partial charge in [0.15, 0.2) is 0 Å². The molecule has 0 bridgehead atoms. The Bertz CT molecular complexity index is 509. The first-order valence-corrected chi connectivity index (χ1v) is 6.32. The quantitative estimate of drug-likeness (QED) is 0.620. The Morgan fingerprint density at radius 3 is 3.16 bits per heavy atom. The van der Waals surface area contributed by atoms with E-state index in [9.17, 15) is 10.1 Å². The SMILES string of the molecule is Nc1ncc([N+](=O)[O-])c(N2CCOC3CCCC32)n1. The molecule has 1 aliphatic carbocycles. The molecule has 1 aromatic heterocycles. The lowest BCUT2D eigenvalue weighted by Crippen LogP contribution is -2.49. The van der Waals surface area contributed by atoms with Crippen LogP contribution in [-0.2, 0) is 4.74 Å². The number of hydrogen-bond donors (Lipinski definition) is 1. The second-order valence-electron chi connectivity index (χ2n) is 4.80. The third-order valence-electron chi connectivity index (χ3n) is 3.72. The van der Waals surface area contributed by atoms with Gasteiger partial charge in [0.25, 0.3) is 0 Å². The van der Waals surface area contributed by atoms with Gasteiger partial charge in [0, 0.05) is 6.54 Å². The highest BCUT2D eigenvalue weighted by molar-refractivity contribution is 5.59. The summed E-state index contributed by atoms with van der Waals surface area (Å²) in [5.74, 6) is 0.374. The Hall–Kier alpha value is -1.96. The van der Waals surface area contributed by atoms with Gasteiger partial charge < -0.3 is 15.4 Å². The fourth-order valence-corrected chi connectivity index (χ4v) is 2.91. The largest absolute Gasteiger partial charge is 0.374 e. The molecule has 2 N–H and O–H groups in total. The van der Waals surface area contributed by atoms with Crippen LogP contribution < -0.4 is 10.6 Å². The summed E-state index contributed by atoms with van der Waals surface area (Å²) >= 11 is 0. The number of ether oxygens (including phenoxy) is 1. The van der Waals surface area contributed by atoms with Gasteiger partial charge in [-0.2, -0.15) is 4.98 Å². The van der Waals surface area contributed by atoms with E-state index in [2.05, 4.69) is 9.97 Å². The highest BCUT2D eigenvalue weighted by atomic mass is 16.6. The number of aromatic nitrogens is 2. The van der Waals surface area contributed by atoms with Gasteiger partial charge in [-0.05, 0) is 19.3 Å². The van der Waals surface area contributed by atoms with E-state index in [4.69, 9.17) is 10.5 Å². The molecule has 2 aliphatic rings. The zero-order valence-corrected chi connectivity index (χ0v) is 10.4. The van der Waals surface area contributed by atoms with Crippen molar-refractivity contribution in [3.8, 4) is 0 Å². The molecule has 1 aliphatic heterocycles. The molecule has 19 heavy (non-hydrogen) atoms. The number of rotatable bonds is 2. The van der Waals surface area contributed by atoms with Crippen molar-refractivity contribution in [3.05, 3.63) is 16.3 Å². The van der Waals surface area contributed by atoms with Crippen molar-refractivity contribution in [1.82, 2.24) is 9.97 Å². The topological polar surface area (TPSA) is 107 Å². The minimum Gasteiger partial charge on any atom is -0.374 e. The van der Waals surface area contributed by atoms with Crippen molar-refractivity contribution in [1.29, 1.82) is 0 Å². The van der Waals surface area contributed by atoms with E-state index in [1.54, 1.807) is 0 Å². The van der Waals surface area contributed by atoms with Crippen LogP contribution in [0.4, 0.5) is 17.5 Å². The maximum atomic E-state index is 11.1. The molecule has 3 rings (SSSR count). The fourth-order valence-electron chi connectivity index (χ4n) is 2.91. The summed E-state index contributed by atoms with van der Waals surface area (Å²) in [4.78, 5) is 20.4. The lowest BCUT2D eigenvalue weighted by Gasteiger charge is -2.38. The molecule has 0 amide bonds. The minimum absolute atomic E-state index is 0.0571. The Labute approximate surface area is 109 Å². The molecular weight excluding hydrogens is 250 g/mol. The van der Waals surface area contributed by atoms with Gasteiger partial charge >= 0.3 is 5.69 Å². The van der Waals surface area contributed by atoms with E-state index in [-0.39, 0.29) is 23.8 Å². The predicted molar refractivity (Wildman–Crippen MR) is 67.8 cm³/mol. The molecule has 2 unspecified atom stereocenters. The van der Waals surface area contributed by atoms with Crippen molar-refractivity contribution in [2.75, 3.05) is 23.8 Å².